The summed E-state index contributed by atoms with van der Waals surface area (Å²) in [6, 6.07) is 4.21. The van der Waals surface area contributed by atoms with Crippen molar-refractivity contribution in [2.45, 2.75) is 37.6 Å². The second-order valence-electron chi connectivity index (χ2n) is 6.01. The van der Waals surface area contributed by atoms with Crippen LogP contribution in [0.3, 0.4) is 0 Å². The molecular weight excluding hydrogens is 314 g/mol. The van der Waals surface area contributed by atoms with Crippen LogP contribution in [-0.4, -0.2) is 47.1 Å². The summed E-state index contributed by atoms with van der Waals surface area (Å²) in [5.41, 5.74) is 2.15. The predicted molar refractivity (Wildman–Crippen MR) is 85.2 cm³/mol. The average molecular weight is 333 g/mol. The Kier molecular flexibility index (Phi) is 4.15. The van der Waals surface area contributed by atoms with Crippen LogP contribution < -0.4 is 5.32 Å². The van der Waals surface area contributed by atoms with E-state index >= 15 is 0 Å². The predicted octanol–water partition coefficient (Wildman–Crippen LogP) is 1.90. The molecule has 1 amide bonds. The third-order valence-corrected chi connectivity index (χ3v) is 5.14. The molecule has 6 nitrogen and oxygen atoms in total. The van der Waals surface area contributed by atoms with Crippen LogP contribution in [0.2, 0.25) is 0 Å². The number of likely N-dealkylation sites (tertiary alicyclic amines) is 1. The molecule has 4 heterocycles. The van der Waals surface area contributed by atoms with E-state index in [9.17, 15) is 4.79 Å². The van der Waals surface area contributed by atoms with Crippen molar-refractivity contribution < 1.29 is 13.9 Å². The lowest BCUT2D eigenvalue weighted by atomic mass is 10.0. The maximum Gasteiger partial charge on any atom is 0.271 e. The smallest absolute Gasteiger partial charge is 0.271 e. The first kappa shape index (κ1) is 14.9. The number of carbonyl (C=O) groups is 1. The molecule has 0 bridgehead atoms. The number of rotatable bonds is 4. The van der Waals surface area contributed by atoms with Gasteiger partial charge in [0, 0.05) is 24.6 Å². The van der Waals surface area contributed by atoms with Gasteiger partial charge in [0.05, 0.1) is 30.5 Å². The summed E-state index contributed by atoms with van der Waals surface area (Å²) in [5, 5.41) is 4.87. The Morgan fingerprint density at radius 1 is 1.52 bits per heavy atom. The van der Waals surface area contributed by atoms with E-state index in [2.05, 4.69) is 15.2 Å². The van der Waals surface area contributed by atoms with E-state index < -0.39 is 0 Å². The molecule has 2 aromatic rings. The minimum Gasteiger partial charge on any atom is -0.468 e. The van der Waals surface area contributed by atoms with Gasteiger partial charge in [0.2, 0.25) is 0 Å². The molecule has 2 aliphatic rings. The molecule has 2 saturated heterocycles. The molecule has 0 saturated carbocycles. The van der Waals surface area contributed by atoms with Crippen LogP contribution in [0.1, 0.15) is 29.1 Å². The van der Waals surface area contributed by atoms with Crippen LogP contribution in [0.4, 0.5) is 0 Å². The molecule has 1 N–H and O–H groups in total. The Bertz CT molecular complexity index is 644. The molecule has 0 unspecified atom stereocenters. The summed E-state index contributed by atoms with van der Waals surface area (Å²) in [6.45, 7) is 2.28. The van der Waals surface area contributed by atoms with Crippen molar-refractivity contribution in [1.29, 1.82) is 0 Å². The summed E-state index contributed by atoms with van der Waals surface area (Å²) in [4.78, 5) is 18.7. The summed E-state index contributed by atoms with van der Waals surface area (Å²) >= 11 is 1.43. The number of fused-ring (bicyclic) bond motifs is 1. The number of hydrogen-bond acceptors (Lipinski definition) is 6. The first-order valence-electron chi connectivity index (χ1n) is 7.88. The van der Waals surface area contributed by atoms with E-state index in [1.165, 1.54) is 11.3 Å². The van der Waals surface area contributed by atoms with Crippen molar-refractivity contribution in [1.82, 2.24) is 15.2 Å². The van der Waals surface area contributed by atoms with Crippen LogP contribution in [0.15, 0.2) is 33.7 Å². The third kappa shape index (κ3) is 3.04. The van der Waals surface area contributed by atoms with Gasteiger partial charge in [0.25, 0.3) is 5.91 Å². The standard InChI is InChI=1S/C16H19N3O3S/c20-16(13-9-23-10-17-13)18-12-8-19(7-11-3-1-5-21-11)14-4-2-6-22-15(12)14/h1,3,5,9-10,12,14-15H,2,4,6-8H2,(H,18,20)/t12-,14-,15-/m1/s1. The van der Waals surface area contributed by atoms with Crippen LogP contribution in [0.25, 0.3) is 0 Å². The minimum atomic E-state index is -0.121. The first-order valence-corrected chi connectivity index (χ1v) is 8.82. The van der Waals surface area contributed by atoms with Crippen molar-refractivity contribution in [3.05, 3.63) is 40.7 Å². The van der Waals surface area contributed by atoms with Crippen LogP contribution >= 0.6 is 11.3 Å². The van der Waals surface area contributed by atoms with Crippen molar-refractivity contribution in [2.75, 3.05) is 13.2 Å². The lowest BCUT2D eigenvalue weighted by molar-refractivity contribution is -0.0219. The van der Waals surface area contributed by atoms with Crippen molar-refractivity contribution in [3.63, 3.8) is 0 Å². The fourth-order valence-electron chi connectivity index (χ4n) is 3.53. The van der Waals surface area contributed by atoms with Gasteiger partial charge in [-0.1, -0.05) is 0 Å². The number of nitrogens with zero attached hydrogens (tertiary/aromatic N) is 2. The van der Waals surface area contributed by atoms with Gasteiger partial charge in [0.15, 0.2) is 0 Å². The molecule has 2 aromatic heterocycles. The number of furan rings is 1. The average Bonchev–Trinajstić information content (AvgIpc) is 3.30. The van der Waals surface area contributed by atoms with E-state index in [-0.39, 0.29) is 18.1 Å². The fourth-order valence-corrected chi connectivity index (χ4v) is 4.07. The molecule has 0 radical (unpaired) electrons. The number of amides is 1. The van der Waals surface area contributed by atoms with Crippen molar-refractivity contribution in [3.8, 4) is 0 Å². The Morgan fingerprint density at radius 3 is 3.26 bits per heavy atom. The summed E-state index contributed by atoms with van der Waals surface area (Å²) in [6.07, 6.45) is 3.89. The normalized spacial score (nSPS) is 27.7. The van der Waals surface area contributed by atoms with Crippen LogP contribution in [0, 0.1) is 0 Å². The second-order valence-corrected chi connectivity index (χ2v) is 6.73. The Hall–Kier alpha value is -1.70. The Morgan fingerprint density at radius 2 is 2.48 bits per heavy atom. The SMILES string of the molecule is O=C(N[C@@H]1CN(Cc2ccco2)[C@@H]2CCCO[C@@H]21)c1cscn1. The van der Waals surface area contributed by atoms with Crippen LogP contribution in [-0.2, 0) is 11.3 Å². The third-order valence-electron chi connectivity index (χ3n) is 4.55. The molecule has 2 fully saturated rings. The molecule has 23 heavy (non-hydrogen) atoms. The molecule has 3 atom stereocenters. The fraction of sp³-hybridized carbons (Fsp3) is 0.500. The largest absolute Gasteiger partial charge is 0.468 e. The van der Waals surface area contributed by atoms with E-state index in [1.54, 1.807) is 17.2 Å². The summed E-state index contributed by atoms with van der Waals surface area (Å²) in [7, 11) is 0. The van der Waals surface area contributed by atoms with Crippen molar-refractivity contribution >= 4 is 17.2 Å². The maximum absolute atomic E-state index is 12.3. The highest BCUT2D eigenvalue weighted by molar-refractivity contribution is 7.07. The number of ether oxygens (including phenoxy) is 1. The molecule has 122 valence electrons. The van der Waals surface area contributed by atoms with Gasteiger partial charge < -0.3 is 14.5 Å². The molecule has 2 aliphatic heterocycles. The summed E-state index contributed by atoms with van der Waals surface area (Å²) in [5.74, 6) is 0.824. The van der Waals surface area contributed by atoms with E-state index in [4.69, 9.17) is 9.15 Å². The zero-order valence-corrected chi connectivity index (χ0v) is 13.5. The molecule has 7 heteroatoms. The monoisotopic (exact) mass is 333 g/mol. The topological polar surface area (TPSA) is 67.6 Å². The molecular formula is C16H19N3O3S. The van der Waals surface area contributed by atoms with Gasteiger partial charge in [-0.15, -0.1) is 11.3 Å². The number of carbonyl (C=O) groups excluding carboxylic acids is 1. The highest BCUT2D eigenvalue weighted by Crippen LogP contribution is 2.30. The van der Waals surface area contributed by atoms with Gasteiger partial charge in [-0.25, -0.2) is 4.98 Å². The number of hydrogen-bond donors (Lipinski definition) is 1. The zero-order chi connectivity index (χ0) is 15.6. The number of nitrogens with one attached hydrogen (secondary N) is 1. The number of aromatic nitrogens is 1. The van der Waals surface area contributed by atoms with Crippen molar-refractivity contribution in [2.24, 2.45) is 0 Å². The highest BCUT2D eigenvalue weighted by Gasteiger charge is 2.44. The van der Waals surface area contributed by atoms with Gasteiger partial charge in [-0.2, -0.15) is 0 Å². The molecule has 0 aliphatic carbocycles. The zero-order valence-electron chi connectivity index (χ0n) is 12.7. The highest BCUT2D eigenvalue weighted by atomic mass is 32.1. The van der Waals surface area contributed by atoms with Gasteiger partial charge in [0.1, 0.15) is 11.5 Å². The summed E-state index contributed by atoms with van der Waals surface area (Å²) < 4.78 is 11.4. The molecule has 0 aromatic carbocycles. The van der Waals surface area contributed by atoms with Crippen LogP contribution in [0.5, 0.6) is 0 Å². The lowest BCUT2D eigenvalue weighted by Gasteiger charge is -2.32. The second kappa shape index (κ2) is 6.43. The molecule has 0 spiro atoms. The first-order chi connectivity index (χ1) is 11.3. The maximum atomic E-state index is 12.3. The van der Waals surface area contributed by atoms with E-state index in [0.29, 0.717) is 11.7 Å². The quantitative estimate of drug-likeness (QED) is 0.925. The lowest BCUT2D eigenvalue weighted by Crippen LogP contribution is -2.47. The Balaban J connectivity index is 1.47. The van der Waals surface area contributed by atoms with Gasteiger partial charge in [-0.3, -0.25) is 9.69 Å². The molecule has 4 rings (SSSR count). The minimum absolute atomic E-state index is 0.00976. The van der Waals surface area contributed by atoms with E-state index in [1.807, 2.05) is 12.1 Å². The van der Waals surface area contributed by atoms with E-state index in [0.717, 1.165) is 38.3 Å². The Labute approximate surface area is 138 Å². The van der Waals surface area contributed by atoms with Gasteiger partial charge >= 0.3 is 0 Å². The number of thiazole rings is 1. The van der Waals surface area contributed by atoms with Gasteiger partial charge in [-0.05, 0) is 25.0 Å².